The largest absolute Gasteiger partial charge is 0.362 e. The Morgan fingerprint density at radius 2 is 1.76 bits per heavy atom. The lowest BCUT2D eigenvalue weighted by molar-refractivity contribution is 0.324. The van der Waals surface area contributed by atoms with Crippen LogP contribution in [0.4, 0.5) is 11.8 Å². The average Bonchev–Trinajstić information content (AvgIpc) is 3.40. The Morgan fingerprint density at radius 1 is 0.971 bits per heavy atom. The summed E-state index contributed by atoms with van der Waals surface area (Å²) in [6.45, 7) is 1.97. The van der Waals surface area contributed by atoms with E-state index in [9.17, 15) is 0 Å². The van der Waals surface area contributed by atoms with Crippen molar-refractivity contribution in [1.29, 1.82) is 0 Å². The molecule has 7 heteroatoms. The number of anilines is 2. The lowest BCUT2D eigenvalue weighted by Crippen LogP contribution is -2.31. The number of fused-ring (bicyclic) bond motifs is 1. The van der Waals surface area contributed by atoms with E-state index in [1.165, 1.54) is 18.4 Å². The van der Waals surface area contributed by atoms with Gasteiger partial charge in [0.15, 0.2) is 0 Å². The smallest absolute Gasteiger partial charge is 0.225 e. The number of nitrogens with one attached hydrogen (secondary N) is 2. The number of aromatic nitrogens is 4. The third-order valence-electron chi connectivity index (χ3n) is 6.69. The standard InChI is InChI=1S/C27H33N7/c1-33(2)26-24-5-3-4-6-25(24)31-27(32-26)30-22-11-7-20(8-12-22)17-29-18-21-9-13-23(14-10-21)34-16-15-28-19-34/h3-6,9-10,13-16,19-20,22,29H,7-8,11-12,17-18H2,1-2H3,(H,30,31,32). The number of benzene rings is 2. The van der Waals surface area contributed by atoms with Gasteiger partial charge < -0.3 is 20.1 Å². The maximum atomic E-state index is 4.81. The van der Waals surface area contributed by atoms with Gasteiger partial charge in [-0.25, -0.2) is 9.97 Å². The molecular weight excluding hydrogens is 422 g/mol. The molecule has 0 unspecified atom stereocenters. The summed E-state index contributed by atoms with van der Waals surface area (Å²) in [5.74, 6) is 2.42. The molecule has 2 aromatic heterocycles. The van der Waals surface area contributed by atoms with Gasteiger partial charge in [0, 0.05) is 50.1 Å². The first kappa shape index (κ1) is 22.3. The van der Waals surface area contributed by atoms with Crippen molar-refractivity contribution < 1.29 is 0 Å². The summed E-state index contributed by atoms with van der Waals surface area (Å²) in [5.41, 5.74) is 3.43. The normalized spacial score (nSPS) is 18.2. The zero-order chi connectivity index (χ0) is 23.3. The molecule has 5 rings (SSSR count). The molecule has 0 radical (unpaired) electrons. The Bertz CT molecular complexity index is 1190. The van der Waals surface area contributed by atoms with Gasteiger partial charge in [0.05, 0.1) is 11.8 Å². The summed E-state index contributed by atoms with van der Waals surface area (Å²) >= 11 is 0. The molecular formula is C27H33N7. The Morgan fingerprint density at radius 3 is 2.50 bits per heavy atom. The van der Waals surface area contributed by atoms with Crippen LogP contribution in [-0.2, 0) is 6.54 Å². The predicted molar refractivity (Wildman–Crippen MR) is 139 cm³/mol. The van der Waals surface area contributed by atoms with Crippen LogP contribution in [0.25, 0.3) is 16.6 Å². The van der Waals surface area contributed by atoms with E-state index in [0.717, 1.165) is 60.2 Å². The van der Waals surface area contributed by atoms with E-state index in [1.807, 2.05) is 43.3 Å². The quantitative estimate of drug-likeness (QED) is 0.403. The molecule has 0 saturated heterocycles. The molecule has 0 bridgehead atoms. The van der Waals surface area contributed by atoms with E-state index in [2.05, 4.69) is 56.9 Å². The Kier molecular flexibility index (Phi) is 6.72. The van der Waals surface area contributed by atoms with E-state index < -0.39 is 0 Å². The Hall–Kier alpha value is -3.45. The fourth-order valence-corrected chi connectivity index (χ4v) is 4.78. The topological polar surface area (TPSA) is 70.9 Å². The average molecular weight is 456 g/mol. The molecule has 2 aromatic carbocycles. The highest BCUT2D eigenvalue weighted by molar-refractivity contribution is 5.90. The molecule has 2 heterocycles. The second-order valence-corrected chi connectivity index (χ2v) is 9.41. The van der Waals surface area contributed by atoms with Gasteiger partial charge >= 0.3 is 0 Å². The molecule has 1 saturated carbocycles. The van der Waals surface area contributed by atoms with Crippen molar-refractivity contribution in [3.05, 3.63) is 72.8 Å². The van der Waals surface area contributed by atoms with Gasteiger partial charge in [-0.2, -0.15) is 4.98 Å². The summed E-state index contributed by atoms with van der Waals surface area (Å²) in [5, 5.41) is 8.36. The maximum Gasteiger partial charge on any atom is 0.225 e. The first-order valence-electron chi connectivity index (χ1n) is 12.1. The van der Waals surface area contributed by atoms with Crippen LogP contribution >= 0.6 is 0 Å². The number of hydrogen-bond donors (Lipinski definition) is 2. The molecule has 7 nitrogen and oxygen atoms in total. The highest BCUT2D eigenvalue weighted by Crippen LogP contribution is 2.28. The lowest BCUT2D eigenvalue weighted by Gasteiger charge is -2.29. The Labute approximate surface area is 201 Å². The first-order chi connectivity index (χ1) is 16.7. The number of para-hydroxylation sites is 1. The number of imidazole rings is 1. The molecule has 1 fully saturated rings. The van der Waals surface area contributed by atoms with Crippen molar-refractivity contribution in [3.63, 3.8) is 0 Å². The molecule has 1 aliphatic carbocycles. The zero-order valence-corrected chi connectivity index (χ0v) is 20.0. The molecule has 34 heavy (non-hydrogen) atoms. The molecule has 0 aliphatic heterocycles. The van der Waals surface area contributed by atoms with Crippen LogP contribution in [-0.4, -0.2) is 46.2 Å². The van der Waals surface area contributed by atoms with Crippen LogP contribution < -0.4 is 15.5 Å². The summed E-state index contributed by atoms with van der Waals surface area (Å²) in [4.78, 5) is 15.7. The first-order valence-corrected chi connectivity index (χ1v) is 12.1. The fraction of sp³-hybridized carbons (Fsp3) is 0.370. The molecule has 0 spiro atoms. The molecule has 176 valence electrons. The molecule has 0 atom stereocenters. The van der Waals surface area contributed by atoms with Gasteiger partial charge in [-0.05, 0) is 68.0 Å². The molecule has 1 aliphatic rings. The second kappa shape index (κ2) is 10.2. The van der Waals surface area contributed by atoms with E-state index >= 15 is 0 Å². The van der Waals surface area contributed by atoms with E-state index in [1.54, 1.807) is 6.20 Å². The lowest BCUT2D eigenvalue weighted by atomic mass is 9.86. The molecule has 4 aromatic rings. The van der Waals surface area contributed by atoms with Crippen LogP contribution in [0.5, 0.6) is 0 Å². The number of rotatable bonds is 8. The van der Waals surface area contributed by atoms with E-state index in [-0.39, 0.29) is 0 Å². The summed E-state index contributed by atoms with van der Waals surface area (Å²) in [6, 6.07) is 17.3. The molecule has 2 N–H and O–H groups in total. The van der Waals surface area contributed by atoms with E-state index in [0.29, 0.717) is 6.04 Å². The molecule has 0 amide bonds. The monoisotopic (exact) mass is 455 g/mol. The minimum Gasteiger partial charge on any atom is -0.362 e. The van der Waals surface area contributed by atoms with Crippen LogP contribution in [0.1, 0.15) is 31.2 Å². The van der Waals surface area contributed by atoms with Gasteiger partial charge in [0.1, 0.15) is 5.82 Å². The maximum absolute atomic E-state index is 4.81. The van der Waals surface area contributed by atoms with Crippen LogP contribution in [0.2, 0.25) is 0 Å². The van der Waals surface area contributed by atoms with Crippen LogP contribution in [0, 0.1) is 5.92 Å². The van der Waals surface area contributed by atoms with Crippen molar-refractivity contribution in [3.8, 4) is 5.69 Å². The highest BCUT2D eigenvalue weighted by Gasteiger charge is 2.22. The van der Waals surface area contributed by atoms with Crippen molar-refractivity contribution in [2.75, 3.05) is 30.9 Å². The van der Waals surface area contributed by atoms with Gasteiger partial charge in [-0.3, -0.25) is 0 Å². The van der Waals surface area contributed by atoms with Crippen molar-refractivity contribution in [1.82, 2.24) is 24.8 Å². The SMILES string of the molecule is CN(C)c1nc(NC2CCC(CNCc3ccc(-n4ccnc4)cc3)CC2)nc2ccccc12. The minimum absolute atomic E-state index is 0.433. The Balaban J connectivity index is 1.10. The van der Waals surface area contributed by atoms with Crippen molar-refractivity contribution in [2.45, 2.75) is 38.3 Å². The summed E-state index contributed by atoms with van der Waals surface area (Å²) < 4.78 is 2.02. The number of nitrogens with zero attached hydrogens (tertiary/aromatic N) is 5. The summed E-state index contributed by atoms with van der Waals surface area (Å²) in [7, 11) is 4.07. The van der Waals surface area contributed by atoms with Crippen molar-refractivity contribution >= 4 is 22.7 Å². The third-order valence-corrected chi connectivity index (χ3v) is 6.69. The predicted octanol–water partition coefficient (Wildman–Crippen LogP) is 4.64. The second-order valence-electron chi connectivity index (χ2n) is 9.41. The van der Waals surface area contributed by atoms with Crippen LogP contribution in [0.15, 0.2) is 67.3 Å². The zero-order valence-electron chi connectivity index (χ0n) is 20.0. The van der Waals surface area contributed by atoms with E-state index in [4.69, 9.17) is 9.97 Å². The minimum atomic E-state index is 0.433. The fourth-order valence-electron chi connectivity index (χ4n) is 4.78. The van der Waals surface area contributed by atoms with Gasteiger partial charge in [-0.15, -0.1) is 0 Å². The van der Waals surface area contributed by atoms with Crippen LogP contribution in [0.3, 0.4) is 0 Å². The number of hydrogen-bond acceptors (Lipinski definition) is 6. The van der Waals surface area contributed by atoms with Gasteiger partial charge in [-0.1, -0.05) is 24.3 Å². The van der Waals surface area contributed by atoms with Gasteiger partial charge in [0.25, 0.3) is 0 Å². The highest BCUT2D eigenvalue weighted by atomic mass is 15.2. The summed E-state index contributed by atoms with van der Waals surface area (Å²) in [6.07, 6.45) is 10.3. The third kappa shape index (κ3) is 5.20. The van der Waals surface area contributed by atoms with Gasteiger partial charge in [0.2, 0.25) is 5.95 Å². The van der Waals surface area contributed by atoms with Crippen molar-refractivity contribution in [2.24, 2.45) is 5.92 Å².